The summed E-state index contributed by atoms with van der Waals surface area (Å²) in [4.78, 5) is 7.82. The maximum atomic E-state index is 4.52. The van der Waals surface area contributed by atoms with Gasteiger partial charge in [-0.1, -0.05) is 48.5 Å². The number of aromatic nitrogens is 4. The third kappa shape index (κ3) is 4.06. The summed E-state index contributed by atoms with van der Waals surface area (Å²) in [5.74, 6) is 1.23. The van der Waals surface area contributed by atoms with E-state index in [0.29, 0.717) is 11.8 Å². The van der Waals surface area contributed by atoms with E-state index in [1.54, 1.807) is 6.20 Å². The lowest BCUT2D eigenvalue weighted by Gasteiger charge is -2.14. The van der Waals surface area contributed by atoms with Crippen LogP contribution in [0.25, 0.3) is 10.9 Å². The summed E-state index contributed by atoms with van der Waals surface area (Å²) in [5.41, 5.74) is 3.63. The van der Waals surface area contributed by atoms with Gasteiger partial charge in [0.2, 0.25) is 5.95 Å². The second-order valence-corrected chi connectivity index (χ2v) is 6.48. The van der Waals surface area contributed by atoms with Crippen LogP contribution in [-0.4, -0.2) is 26.7 Å². The average molecular weight is 358 g/mol. The van der Waals surface area contributed by atoms with E-state index in [0.717, 1.165) is 18.5 Å². The molecular weight excluding hydrogens is 336 g/mol. The Hall–Kier alpha value is -3.41. The van der Waals surface area contributed by atoms with Crippen LogP contribution in [0.15, 0.2) is 67.0 Å². The van der Waals surface area contributed by atoms with Gasteiger partial charge in [-0.25, -0.2) is 0 Å². The summed E-state index contributed by atoms with van der Waals surface area (Å²) in [7, 11) is 0. The molecule has 0 bridgehead atoms. The Labute approximate surface area is 158 Å². The number of nitrogens with one attached hydrogen (secondary N) is 3. The van der Waals surface area contributed by atoms with Crippen molar-refractivity contribution in [1.29, 1.82) is 0 Å². The highest BCUT2D eigenvalue weighted by Crippen LogP contribution is 2.19. The Morgan fingerprint density at radius 3 is 2.74 bits per heavy atom. The van der Waals surface area contributed by atoms with E-state index in [4.69, 9.17) is 0 Å². The molecule has 1 unspecified atom stereocenters. The molecule has 2 heterocycles. The fourth-order valence-electron chi connectivity index (χ4n) is 3.13. The predicted molar refractivity (Wildman–Crippen MR) is 109 cm³/mol. The van der Waals surface area contributed by atoms with Crippen molar-refractivity contribution in [2.45, 2.75) is 19.4 Å². The summed E-state index contributed by atoms with van der Waals surface area (Å²) >= 11 is 0. The van der Waals surface area contributed by atoms with Gasteiger partial charge < -0.3 is 15.6 Å². The predicted octanol–water partition coefficient (Wildman–Crippen LogP) is 4.18. The lowest BCUT2D eigenvalue weighted by molar-refractivity contribution is 0.838. The summed E-state index contributed by atoms with van der Waals surface area (Å²) in [6.07, 6.45) is 4.61. The average Bonchev–Trinajstić information content (AvgIpc) is 3.12. The van der Waals surface area contributed by atoms with Crippen molar-refractivity contribution < 1.29 is 0 Å². The van der Waals surface area contributed by atoms with Crippen LogP contribution >= 0.6 is 0 Å². The van der Waals surface area contributed by atoms with E-state index in [2.05, 4.69) is 74.3 Å². The Morgan fingerprint density at radius 2 is 1.85 bits per heavy atom. The highest BCUT2D eigenvalue weighted by atomic mass is 15.3. The number of hydrogen-bond donors (Lipinski definition) is 3. The molecule has 0 aliphatic heterocycles. The van der Waals surface area contributed by atoms with Gasteiger partial charge in [-0.2, -0.15) is 10.1 Å². The van der Waals surface area contributed by atoms with Crippen LogP contribution in [0.5, 0.6) is 0 Å². The Morgan fingerprint density at radius 1 is 1.04 bits per heavy atom. The fourth-order valence-corrected chi connectivity index (χ4v) is 3.13. The Balaban J connectivity index is 1.36. The van der Waals surface area contributed by atoms with Gasteiger partial charge in [0, 0.05) is 23.6 Å². The van der Waals surface area contributed by atoms with Crippen LogP contribution < -0.4 is 10.6 Å². The van der Waals surface area contributed by atoms with Gasteiger partial charge in [0.15, 0.2) is 5.82 Å². The highest BCUT2D eigenvalue weighted by molar-refractivity contribution is 5.83. The Bertz CT molecular complexity index is 1010. The molecule has 0 aliphatic rings. The molecule has 0 spiro atoms. The topological polar surface area (TPSA) is 78.5 Å². The number of H-pyrrole nitrogens is 1. The lowest BCUT2D eigenvalue weighted by Crippen LogP contribution is -2.12. The molecule has 0 fully saturated rings. The number of anilines is 2. The third-order valence-electron chi connectivity index (χ3n) is 4.58. The van der Waals surface area contributed by atoms with E-state index in [1.165, 1.54) is 16.5 Å². The number of fused-ring (bicyclic) bond motifs is 1. The quantitative estimate of drug-likeness (QED) is 0.462. The van der Waals surface area contributed by atoms with Crippen LogP contribution in [0.2, 0.25) is 0 Å². The first-order chi connectivity index (χ1) is 13.3. The van der Waals surface area contributed by atoms with E-state index in [9.17, 15) is 0 Å². The minimum Gasteiger partial charge on any atom is -0.368 e. The van der Waals surface area contributed by atoms with Crippen molar-refractivity contribution in [2.24, 2.45) is 0 Å². The zero-order chi connectivity index (χ0) is 18.5. The minimum absolute atomic E-state index is 0.106. The summed E-state index contributed by atoms with van der Waals surface area (Å²) in [6, 6.07) is 18.6. The second-order valence-electron chi connectivity index (χ2n) is 6.48. The van der Waals surface area contributed by atoms with Gasteiger partial charge in [0.1, 0.15) is 0 Å². The first-order valence-electron chi connectivity index (χ1n) is 9.09. The normalized spacial score (nSPS) is 12.0. The van der Waals surface area contributed by atoms with Crippen LogP contribution in [0.3, 0.4) is 0 Å². The van der Waals surface area contributed by atoms with Gasteiger partial charge in [-0.3, -0.25) is 0 Å². The Kier molecular flexibility index (Phi) is 4.96. The molecule has 2 aromatic carbocycles. The SMILES string of the molecule is CC(Nc1nncc(NCCc2c[nH]c3ccccc23)n1)c1ccccc1. The van der Waals surface area contributed by atoms with Crippen molar-refractivity contribution in [3.8, 4) is 0 Å². The van der Waals surface area contributed by atoms with Gasteiger partial charge >= 0.3 is 0 Å². The number of nitrogens with zero attached hydrogens (tertiary/aromatic N) is 3. The maximum absolute atomic E-state index is 4.52. The number of hydrogen-bond acceptors (Lipinski definition) is 5. The largest absolute Gasteiger partial charge is 0.368 e. The van der Waals surface area contributed by atoms with Gasteiger partial charge in [-0.15, -0.1) is 5.10 Å². The number of para-hydroxylation sites is 1. The molecule has 2 aromatic heterocycles. The molecule has 0 saturated heterocycles. The smallest absolute Gasteiger partial charge is 0.245 e. The van der Waals surface area contributed by atoms with E-state index >= 15 is 0 Å². The van der Waals surface area contributed by atoms with Crippen molar-refractivity contribution in [1.82, 2.24) is 20.2 Å². The van der Waals surface area contributed by atoms with Crippen LogP contribution in [0.1, 0.15) is 24.1 Å². The summed E-state index contributed by atoms with van der Waals surface area (Å²) in [6.45, 7) is 2.85. The van der Waals surface area contributed by atoms with E-state index < -0.39 is 0 Å². The zero-order valence-electron chi connectivity index (χ0n) is 15.2. The number of rotatable bonds is 7. The molecule has 0 radical (unpaired) electrons. The van der Waals surface area contributed by atoms with Crippen molar-refractivity contribution in [2.75, 3.05) is 17.2 Å². The molecule has 4 rings (SSSR count). The van der Waals surface area contributed by atoms with Crippen LogP contribution in [0.4, 0.5) is 11.8 Å². The van der Waals surface area contributed by atoms with Crippen molar-refractivity contribution in [3.05, 3.63) is 78.1 Å². The summed E-state index contributed by atoms with van der Waals surface area (Å²) < 4.78 is 0. The molecule has 0 aliphatic carbocycles. The van der Waals surface area contributed by atoms with Crippen molar-refractivity contribution in [3.63, 3.8) is 0 Å². The van der Waals surface area contributed by atoms with Crippen LogP contribution in [-0.2, 0) is 6.42 Å². The van der Waals surface area contributed by atoms with Crippen LogP contribution in [0, 0.1) is 0 Å². The number of benzene rings is 2. The molecule has 4 aromatic rings. The number of aromatic amines is 1. The highest BCUT2D eigenvalue weighted by Gasteiger charge is 2.08. The molecular formula is C21H22N6. The summed E-state index contributed by atoms with van der Waals surface area (Å²) in [5, 5.41) is 16.0. The monoisotopic (exact) mass is 358 g/mol. The van der Waals surface area contributed by atoms with Gasteiger partial charge in [0.25, 0.3) is 0 Å². The molecule has 3 N–H and O–H groups in total. The third-order valence-corrected chi connectivity index (χ3v) is 4.58. The molecule has 1 atom stereocenters. The first-order valence-corrected chi connectivity index (χ1v) is 9.09. The fraction of sp³-hybridized carbons (Fsp3) is 0.190. The molecule has 136 valence electrons. The second kappa shape index (κ2) is 7.86. The van der Waals surface area contributed by atoms with E-state index in [-0.39, 0.29) is 6.04 Å². The minimum atomic E-state index is 0.106. The standard InChI is InChI=1S/C21H22N6/c1-15(16-7-3-2-4-8-16)25-21-26-20(14-24-27-21)22-12-11-17-13-23-19-10-6-5-9-18(17)19/h2-10,13-15,23H,11-12H2,1H3,(H2,22,25,26,27). The molecule has 6 heteroatoms. The van der Waals surface area contributed by atoms with Gasteiger partial charge in [0.05, 0.1) is 12.2 Å². The molecule has 6 nitrogen and oxygen atoms in total. The molecule has 0 saturated carbocycles. The van der Waals surface area contributed by atoms with Crippen molar-refractivity contribution >= 4 is 22.7 Å². The zero-order valence-corrected chi connectivity index (χ0v) is 15.2. The molecule has 27 heavy (non-hydrogen) atoms. The van der Waals surface area contributed by atoms with E-state index in [1.807, 2.05) is 24.3 Å². The van der Waals surface area contributed by atoms with Gasteiger partial charge in [-0.05, 0) is 30.5 Å². The maximum Gasteiger partial charge on any atom is 0.245 e. The lowest BCUT2D eigenvalue weighted by atomic mass is 10.1. The molecule has 0 amide bonds. The first kappa shape index (κ1) is 17.0.